The van der Waals surface area contributed by atoms with Gasteiger partial charge in [-0.25, -0.2) is 8.42 Å². The third-order valence-electron chi connectivity index (χ3n) is 1.84. The summed E-state index contributed by atoms with van der Waals surface area (Å²) in [7, 11) is -2.79. The van der Waals surface area contributed by atoms with Crippen LogP contribution in [0.1, 0.15) is 26.2 Å². The predicted octanol–water partition coefficient (Wildman–Crippen LogP) is 1.62. The molecule has 0 bridgehead atoms. The van der Waals surface area contributed by atoms with Crippen LogP contribution in [0.5, 0.6) is 0 Å². The van der Waals surface area contributed by atoms with Crippen molar-refractivity contribution in [1.29, 1.82) is 0 Å². The summed E-state index contributed by atoms with van der Waals surface area (Å²) in [6.45, 7) is 3.43. The normalized spacial score (nSPS) is 11.9. The highest BCUT2D eigenvalue weighted by Crippen LogP contribution is 1.94. The first-order chi connectivity index (χ1) is 6.62. The van der Waals surface area contributed by atoms with Crippen LogP contribution < -0.4 is 5.32 Å². The lowest BCUT2D eigenvalue weighted by atomic mass is 10.3. The molecule has 0 amide bonds. The van der Waals surface area contributed by atoms with Crippen molar-refractivity contribution in [3.05, 3.63) is 0 Å². The molecule has 0 aromatic heterocycles. The van der Waals surface area contributed by atoms with Crippen molar-refractivity contribution in [2.24, 2.45) is 0 Å². The Morgan fingerprint density at radius 1 is 1.14 bits per heavy atom. The Labute approximate surface area is 101 Å². The molecule has 0 aromatic carbocycles. The summed E-state index contributed by atoms with van der Waals surface area (Å²) in [6, 6.07) is 0. The lowest BCUT2D eigenvalue weighted by Crippen LogP contribution is -2.25. The van der Waals surface area contributed by atoms with Gasteiger partial charge in [-0.05, 0) is 30.2 Å². The minimum Gasteiger partial charge on any atom is -0.316 e. The maximum Gasteiger partial charge on any atom is 0.151 e. The van der Waals surface area contributed by atoms with Crippen LogP contribution in [0.4, 0.5) is 0 Å². The number of hydrogen-bond donors (Lipinski definition) is 1. The maximum absolute atomic E-state index is 11.3. The van der Waals surface area contributed by atoms with Crippen LogP contribution in [-0.4, -0.2) is 37.4 Å². The third-order valence-corrected chi connectivity index (χ3v) is 4.46. The molecule has 0 aromatic rings. The summed E-state index contributed by atoms with van der Waals surface area (Å²) >= 11 is 2.35. The Kier molecular flexibility index (Phi) is 9.32. The molecule has 0 atom stereocenters. The number of nitrogens with one attached hydrogen (secondary N) is 1. The Balaban J connectivity index is 3.35. The van der Waals surface area contributed by atoms with E-state index in [4.69, 9.17) is 0 Å². The standard InChI is InChI=1S/C9H20INO2S/c1-2-8-14(12,13)9-7-11-6-4-3-5-10/h11H,2-9H2,1H3. The summed E-state index contributed by atoms with van der Waals surface area (Å²) in [4.78, 5) is 0. The summed E-state index contributed by atoms with van der Waals surface area (Å²) in [5, 5.41) is 3.15. The molecule has 86 valence electrons. The van der Waals surface area contributed by atoms with E-state index in [0.29, 0.717) is 12.3 Å². The van der Waals surface area contributed by atoms with Gasteiger partial charge >= 0.3 is 0 Å². The fourth-order valence-electron chi connectivity index (χ4n) is 1.11. The number of rotatable bonds is 9. The van der Waals surface area contributed by atoms with Gasteiger partial charge in [-0.1, -0.05) is 29.5 Å². The van der Waals surface area contributed by atoms with Crippen molar-refractivity contribution < 1.29 is 8.42 Å². The van der Waals surface area contributed by atoms with Crippen LogP contribution in [-0.2, 0) is 9.84 Å². The molecular formula is C9H20INO2S. The SMILES string of the molecule is CCCS(=O)(=O)CCNCCCCI. The molecule has 0 fully saturated rings. The molecule has 5 heteroatoms. The van der Waals surface area contributed by atoms with Gasteiger partial charge in [0.1, 0.15) is 0 Å². The van der Waals surface area contributed by atoms with E-state index in [-0.39, 0.29) is 5.75 Å². The number of alkyl halides is 1. The molecule has 0 saturated carbocycles. The smallest absolute Gasteiger partial charge is 0.151 e. The van der Waals surface area contributed by atoms with Gasteiger partial charge in [-0.2, -0.15) is 0 Å². The molecule has 3 nitrogen and oxygen atoms in total. The molecule has 0 rings (SSSR count). The predicted molar refractivity (Wildman–Crippen MR) is 69.9 cm³/mol. The molecular weight excluding hydrogens is 313 g/mol. The van der Waals surface area contributed by atoms with E-state index in [1.165, 1.54) is 10.8 Å². The summed E-state index contributed by atoms with van der Waals surface area (Å²) in [6.07, 6.45) is 3.06. The van der Waals surface area contributed by atoms with E-state index < -0.39 is 9.84 Å². The quantitative estimate of drug-likeness (QED) is 0.396. The van der Waals surface area contributed by atoms with Crippen LogP contribution in [0.25, 0.3) is 0 Å². The number of sulfone groups is 1. The molecule has 1 N–H and O–H groups in total. The minimum absolute atomic E-state index is 0.283. The van der Waals surface area contributed by atoms with E-state index in [2.05, 4.69) is 27.9 Å². The molecule has 0 saturated heterocycles. The van der Waals surface area contributed by atoms with E-state index in [1.54, 1.807) is 0 Å². The summed E-state index contributed by atoms with van der Waals surface area (Å²) in [5.74, 6) is 0.605. The summed E-state index contributed by atoms with van der Waals surface area (Å²) < 4.78 is 23.7. The van der Waals surface area contributed by atoms with Gasteiger partial charge in [0.2, 0.25) is 0 Å². The van der Waals surface area contributed by atoms with Crippen LogP contribution >= 0.6 is 22.6 Å². The molecule has 14 heavy (non-hydrogen) atoms. The highest BCUT2D eigenvalue weighted by Gasteiger charge is 2.07. The summed E-state index contributed by atoms with van der Waals surface area (Å²) in [5.41, 5.74) is 0. The van der Waals surface area contributed by atoms with Crippen LogP contribution in [0.15, 0.2) is 0 Å². The van der Waals surface area contributed by atoms with Gasteiger partial charge < -0.3 is 5.32 Å². The first kappa shape index (κ1) is 14.6. The second-order valence-corrected chi connectivity index (χ2v) is 6.68. The van der Waals surface area contributed by atoms with Crippen LogP contribution in [0.2, 0.25) is 0 Å². The Morgan fingerprint density at radius 3 is 2.43 bits per heavy atom. The highest BCUT2D eigenvalue weighted by atomic mass is 127. The fourth-order valence-corrected chi connectivity index (χ4v) is 2.93. The molecule has 0 aliphatic carbocycles. The van der Waals surface area contributed by atoms with E-state index >= 15 is 0 Å². The molecule has 0 spiro atoms. The fraction of sp³-hybridized carbons (Fsp3) is 1.00. The maximum atomic E-state index is 11.3. The lowest BCUT2D eigenvalue weighted by molar-refractivity contribution is 0.587. The minimum atomic E-state index is -2.79. The molecule has 0 aliphatic heterocycles. The van der Waals surface area contributed by atoms with Crippen molar-refractivity contribution in [2.75, 3.05) is 29.0 Å². The first-order valence-corrected chi connectivity index (χ1v) is 8.44. The monoisotopic (exact) mass is 333 g/mol. The average molecular weight is 333 g/mol. The van der Waals surface area contributed by atoms with Crippen LogP contribution in [0.3, 0.4) is 0 Å². The number of unbranched alkanes of at least 4 members (excludes halogenated alkanes) is 1. The van der Waals surface area contributed by atoms with Crippen molar-refractivity contribution in [3.8, 4) is 0 Å². The zero-order valence-electron chi connectivity index (χ0n) is 8.76. The largest absolute Gasteiger partial charge is 0.316 e. The molecule has 0 aliphatic rings. The van der Waals surface area contributed by atoms with Gasteiger partial charge in [0.25, 0.3) is 0 Å². The topological polar surface area (TPSA) is 46.2 Å². The first-order valence-electron chi connectivity index (χ1n) is 5.09. The average Bonchev–Trinajstić information content (AvgIpc) is 2.11. The second-order valence-electron chi connectivity index (χ2n) is 3.30. The number of hydrogen-bond acceptors (Lipinski definition) is 3. The molecule has 0 radical (unpaired) electrons. The third kappa shape index (κ3) is 9.21. The van der Waals surface area contributed by atoms with Gasteiger partial charge in [0.15, 0.2) is 9.84 Å². The van der Waals surface area contributed by atoms with Crippen LogP contribution in [0, 0.1) is 0 Å². The van der Waals surface area contributed by atoms with E-state index in [9.17, 15) is 8.42 Å². The highest BCUT2D eigenvalue weighted by molar-refractivity contribution is 14.1. The Bertz CT molecular complexity index is 217. The number of halogens is 1. The zero-order valence-corrected chi connectivity index (χ0v) is 11.7. The van der Waals surface area contributed by atoms with Crippen molar-refractivity contribution in [3.63, 3.8) is 0 Å². The van der Waals surface area contributed by atoms with Gasteiger partial charge in [0.05, 0.1) is 5.75 Å². The van der Waals surface area contributed by atoms with E-state index in [1.807, 2.05) is 6.92 Å². The van der Waals surface area contributed by atoms with Gasteiger partial charge in [0, 0.05) is 12.3 Å². The Hall–Kier alpha value is 0.640. The van der Waals surface area contributed by atoms with Gasteiger partial charge in [-0.3, -0.25) is 0 Å². The van der Waals surface area contributed by atoms with E-state index in [0.717, 1.165) is 19.4 Å². The second kappa shape index (κ2) is 8.91. The van der Waals surface area contributed by atoms with Crippen molar-refractivity contribution in [2.45, 2.75) is 26.2 Å². The Morgan fingerprint density at radius 2 is 1.86 bits per heavy atom. The lowest BCUT2D eigenvalue weighted by Gasteiger charge is -2.04. The molecule has 0 unspecified atom stereocenters. The van der Waals surface area contributed by atoms with Crippen molar-refractivity contribution >= 4 is 32.4 Å². The zero-order chi connectivity index (χ0) is 10.9. The van der Waals surface area contributed by atoms with Gasteiger partial charge in [-0.15, -0.1) is 0 Å². The van der Waals surface area contributed by atoms with Crippen molar-refractivity contribution in [1.82, 2.24) is 5.32 Å². The molecule has 0 heterocycles.